The fraction of sp³-hybridized carbons (Fsp3) is 0.875. The Morgan fingerprint density at radius 2 is 1.81 bits per heavy atom. The van der Waals surface area contributed by atoms with Gasteiger partial charge in [0.1, 0.15) is 5.60 Å². The maximum absolute atomic E-state index is 12.1. The molecule has 2 aliphatic rings. The van der Waals surface area contributed by atoms with Gasteiger partial charge in [0.05, 0.1) is 18.3 Å². The van der Waals surface area contributed by atoms with Crippen molar-refractivity contribution in [1.82, 2.24) is 0 Å². The Morgan fingerprint density at radius 1 is 1.16 bits per heavy atom. The van der Waals surface area contributed by atoms with Gasteiger partial charge in [-0.25, -0.2) is 0 Å². The van der Waals surface area contributed by atoms with Gasteiger partial charge in [-0.3, -0.25) is 4.79 Å². The van der Waals surface area contributed by atoms with Gasteiger partial charge in [-0.2, -0.15) is 0 Å². The highest BCUT2D eigenvalue weighted by Gasteiger charge is 2.48. The molecule has 1 saturated heterocycles. The average Bonchev–Trinajstić information content (AvgIpc) is 3.04. The van der Waals surface area contributed by atoms with E-state index in [0.717, 1.165) is 6.42 Å². The second-order valence-electron chi connectivity index (χ2n) is 11.7. The van der Waals surface area contributed by atoms with Gasteiger partial charge < -0.3 is 24.1 Å². The molecular weight excluding hydrogens is 412 g/mol. The summed E-state index contributed by atoms with van der Waals surface area (Å²) in [5, 5.41) is 20.4. The van der Waals surface area contributed by atoms with Gasteiger partial charge in [-0.15, -0.1) is 0 Å². The summed E-state index contributed by atoms with van der Waals surface area (Å²) in [6.07, 6.45) is 5.61. The zero-order chi connectivity index (χ0) is 23.6. The van der Waals surface area contributed by atoms with Crippen LogP contribution in [0.2, 0.25) is 18.1 Å². The molecule has 180 valence electrons. The van der Waals surface area contributed by atoms with Crippen molar-refractivity contribution in [2.75, 3.05) is 0 Å². The van der Waals surface area contributed by atoms with Gasteiger partial charge >= 0.3 is 5.97 Å². The maximum atomic E-state index is 12.1. The van der Waals surface area contributed by atoms with E-state index in [-0.39, 0.29) is 35.1 Å². The molecule has 0 aromatic rings. The Labute approximate surface area is 189 Å². The number of ether oxygens (including phenoxy) is 2. The van der Waals surface area contributed by atoms with Crippen LogP contribution < -0.4 is 0 Å². The molecule has 1 aliphatic carbocycles. The summed E-state index contributed by atoms with van der Waals surface area (Å²) in [7, 11) is -2.01. The largest absolute Gasteiger partial charge is 0.460 e. The van der Waals surface area contributed by atoms with Crippen molar-refractivity contribution in [1.29, 1.82) is 0 Å². The van der Waals surface area contributed by atoms with Crippen LogP contribution in [0.3, 0.4) is 0 Å². The normalized spacial score (nSPS) is 30.6. The Balaban J connectivity index is 2.05. The van der Waals surface area contributed by atoms with Crippen molar-refractivity contribution in [3.8, 4) is 0 Å². The highest BCUT2D eigenvalue weighted by molar-refractivity contribution is 6.74. The second-order valence-corrected chi connectivity index (χ2v) is 16.4. The molecule has 0 amide bonds. The molecule has 1 unspecified atom stereocenters. The molecule has 0 bridgehead atoms. The average molecular weight is 457 g/mol. The first-order chi connectivity index (χ1) is 14.1. The summed E-state index contributed by atoms with van der Waals surface area (Å²) in [5.74, 6) is -0.0937. The molecule has 2 rings (SSSR count). The molecule has 1 saturated carbocycles. The third kappa shape index (κ3) is 7.67. The lowest BCUT2D eigenvalue weighted by atomic mass is 9.91. The van der Waals surface area contributed by atoms with E-state index in [4.69, 9.17) is 13.9 Å². The molecule has 2 fully saturated rings. The van der Waals surface area contributed by atoms with Crippen LogP contribution in [0, 0.1) is 11.8 Å². The lowest BCUT2D eigenvalue weighted by Crippen LogP contribution is -2.43. The van der Waals surface area contributed by atoms with E-state index in [1.54, 1.807) is 0 Å². The summed E-state index contributed by atoms with van der Waals surface area (Å²) < 4.78 is 17.6. The van der Waals surface area contributed by atoms with Crippen LogP contribution in [-0.2, 0) is 18.7 Å². The Bertz CT molecular complexity index is 633. The lowest BCUT2D eigenvalue weighted by Gasteiger charge is -2.38. The summed E-state index contributed by atoms with van der Waals surface area (Å²) >= 11 is 0. The second kappa shape index (κ2) is 10.0. The van der Waals surface area contributed by atoms with Gasteiger partial charge in [0.2, 0.25) is 0 Å². The highest BCUT2D eigenvalue weighted by atomic mass is 28.4. The van der Waals surface area contributed by atoms with Gasteiger partial charge in [0.15, 0.2) is 14.6 Å². The van der Waals surface area contributed by atoms with Crippen molar-refractivity contribution in [2.24, 2.45) is 11.8 Å². The lowest BCUT2D eigenvalue weighted by molar-refractivity contribution is -0.155. The molecule has 7 heteroatoms. The predicted molar refractivity (Wildman–Crippen MR) is 124 cm³/mol. The van der Waals surface area contributed by atoms with Crippen LogP contribution in [-0.4, -0.2) is 54.7 Å². The topological polar surface area (TPSA) is 85.2 Å². The Kier molecular flexibility index (Phi) is 8.59. The van der Waals surface area contributed by atoms with E-state index in [2.05, 4.69) is 46.0 Å². The van der Waals surface area contributed by atoms with Crippen LogP contribution in [0.1, 0.15) is 73.6 Å². The first-order valence-electron chi connectivity index (χ1n) is 11.7. The summed E-state index contributed by atoms with van der Waals surface area (Å²) in [5.41, 5.74) is -0.475. The fourth-order valence-electron chi connectivity index (χ4n) is 4.17. The monoisotopic (exact) mass is 456 g/mol. The molecule has 0 aromatic heterocycles. The molecule has 6 nitrogen and oxygen atoms in total. The first-order valence-corrected chi connectivity index (χ1v) is 14.6. The van der Waals surface area contributed by atoms with E-state index in [1.807, 2.05) is 20.8 Å². The highest BCUT2D eigenvalue weighted by Crippen LogP contribution is 2.44. The summed E-state index contributed by atoms with van der Waals surface area (Å²) in [4.78, 5) is 12.1. The van der Waals surface area contributed by atoms with Crippen molar-refractivity contribution in [3.63, 3.8) is 0 Å². The van der Waals surface area contributed by atoms with E-state index >= 15 is 0 Å². The van der Waals surface area contributed by atoms with Crippen LogP contribution >= 0.6 is 0 Å². The number of fused-ring (bicyclic) bond motifs is 1. The number of hydrogen-bond acceptors (Lipinski definition) is 6. The third-order valence-corrected chi connectivity index (χ3v) is 11.3. The zero-order valence-corrected chi connectivity index (χ0v) is 21.7. The van der Waals surface area contributed by atoms with Gasteiger partial charge in [-0.1, -0.05) is 32.9 Å². The molecule has 0 aromatic carbocycles. The van der Waals surface area contributed by atoms with E-state index in [1.165, 1.54) is 0 Å². The van der Waals surface area contributed by atoms with Gasteiger partial charge in [0, 0.05) is 25.2 Å². The van der Waals surface area contributed by atoms with E-state index < -0.39 is 26.3 Å². The number of aliphatic hydroxyl groups excluding tert-OH is 2. The summed E-state index contributed by atoms with van der Waals surface area (Å²) in [6, 6.07) is 0. The van der Waals surface area contributed by atoms with Crippen LogP contribution in [0.25, 0.3) is 0 Å². The van der Waals surface area contributed by atoms with Crippen LogP contribution in [0.5, 0.6) is 0 Å². The van der Waals surface area contributed by atoms with Gasteiger partial charge in [0.25, 0.3) is 0 Å². The minimum absolute atomic E-state index is 0.0430. The number of carbonyl (C=O) groups is 1. The van der Waals surface area contributed by atoms with Gasteiger partial charge in [-0.05, 0) is 57.7 Å². The molecule has 6 atom stereocenters. The number of hydrogen-bond donors (Lipinski definition) is 2. The van der Waals surface area contributed by atoms with Crippen LogP contribution in [0.4, 0.5) is 0 Å². The van der Waals surface area contributed by atoms with Crippen LogP contribution in [0.15, 0.2) is 12.2 Å². The maximum Gasteiger partial charge on any atom is 0.306 e. The minimum Gasteiger partial charge on any atom is -0.460 e. The molecule has 0 spiro atoms. The van der Waals surface area contributed by atoms with Crippen molar-refractivity contribution in [3.05, 3.63) is 12.2 Å². The zero-order valence-electron chi connectivity index (χ0n) is 20.7. The Hall–Kier alpha value is -0.733. The minimum atomic E-state index is -2.01. The van der Waals surface area contributed by atoms with E-state index in [0.29, 0.717) is 25.7 Å². The van der Waals surface area contributed by atoms with E-state index in [9.17, 15) is 15.0 Å². The molecule has 1 aliphatic heterocycles. The SMILES string of the molecule is CC(C)(C)OC(=O)CCC[C@H](/C=C/[C@H]1[C@H]2CC(O)O[C@H]2C[C@H]1O)O[Si](C)(C)C(C)(C)C. The fourth-order valence-corrected chi connectivity index (χ4v) is 5.48. The van der Waals surface area contributed by atoms with Crippen molar-refractivity contribution in [2.45, 2.75) is 122 Å². The number of rotatable bonds is 8. The van der Waals surface area contributed by atoms with Crippen molar-refractivity contribution < 1.29 is 28.9 Å². The number of aliphatic hydroxyl groups is 2. The Morgan fingerprint density at radius 3 is 2.39 bits per heavy atom. The molecule has 1 heterocycles. The number of esters is 1. The molecular formula is C24H44O6Si. The third-order valence-electron chi connectivity index (χ3n) is 6.79. The molecule has 0 radical (unpaired) electrons. The smallest absolute Gasteiger partial charge is 0.306 e. The standard InChI is InChI=1S/C24H44O6Si/c1-23(2,3)29-21(26)11-9-10-16(30-31(7,8)24(4,5)6)12-13-17-18-14-22(27)28-20(18)15-19(17)25/h12-13,16-20,22,25,27H,9-11,14-15H2,1-8H3/b13-12+/t16-,17+,18-,19-,20+,22?/m1/s1. The predicted octanol–water partition coefficient (Wildman–Crippen LogP) is 4.55. The first kappa shape index (κ1) is 26.5. The molecule has 2 N–H and O–H groups in total. The van der Waals surface area contributed by atoms with Crippen molar-refractivity contribution >= 4 is 14.3 Å². The molecule has 31 heavy (non-hydrogen) atoms. The number of carbonyl (C=O) groups excluding carboxylic acids is 1. The summed E-state index contributed by atoms with van der Waals surface area (Å²) in [6.45, 7) is 16.7. The quantitative estimate of drug-likeness (QED) is 0.317.